The number of ether oxygens (including phenoxy) is 1. The van der Waals surface area contributed by atoms with Crippen LogP contribution in [0.15, 0.2) is 52.3 Å². The molecule has 1 heterocycles. The molecule has 1 aliphatic rings. The number of morpholine rings is 1. The molecule has 0 aliphatic carbocycles. The molecule has 198 valence electrons. The molecule has 0 unspecified atom stereocenters. The molecule has 0 aromatic heterocycles. The minimum absolute atomic E-state index is 0.0330. The van der Waals surface area contributed by atoms with E-state index in [9.17, 15) is 39.9 Å². The van der Waals surface area contributed by atoms with Crippen LogP contribution >= 0.6 is 11.6 Å². The first-order valence-electron chi connectivity index (χ1n) is 10.2. The molecule has 0 radical (unpaired) electrons. The van der Waals surface area contributed by atoms with Crippen molar-refractivity contribution in [3.05, 3.63) is 47.5 Å². The smallest absolute Gasteiger partial charge is 0.379 e. The van der Waals surface area contributed by atoms with Gasteiger partial charge < -0.3 is 15.2 Å². The Balaban J connectivity index is 1.75. The van der Waals surface area contributed by atoms with E-state index in [2.05, 4.69) is 4.72 Å². The van der Waals surface area contributed by atoms with Crippen LogP contribution < -0.4 is 10.0 Å². The molecule has 1 fully saturated rings. The lowest BCUT2D eigenvalue weighted by molar-refractivity contribution is -0.242. The average molecular weight is 572 g/mol. The minimum Gasteiger partial charge on any atom is -0.379 e. The lowest BCUT2D eigenvalue weighted by Gasteiger charge is -2.26. The molecule has 1 atom stereocenters. The van der Waals surface area contributed by atoms with Gasteiger partial charge in [0.15, 0.2) is 0 Å². The molecule has 0 bridgehead atoms. The summed E-state index contributed by atoms with van der Waals surface area (Å²) in [4.78, 5) is 11.4. The molecule has 0 spiro atoms. The van der Waals surface area contributed by atoms with Crippen LogP contribution in [0.2, 0.25) is 5.02 Å². The summed E-state index contributed by atoms with van der Waals surface area (Å²) in [6.45, 7) is 1.19. The van der Waals surface area contributed by atoms with Crippen molar-refractivity contribution in [3.8, 4) is 0 Å². The van der Waals surface area contributed by atoms with Gasteiger partial charge in [-0.15, -0.1) is 0 Å². The first-order valence-corrected chi connectivity index (χ1v) is 13.5. The van der Waals surface area contributed by atoms with Crippen LogP contribution in [0.25, 0.3) is 0 Å². The summed E-state index contributed by atoms with van der Waals surface area (Å²) < 4.78 is 97.9. The van der Waals surface area contributed by atoms with Gasteiger partial charge in [-0.25, -0.2) is 16.8 Å². The van der Waals surface area contributed by atoms with Crippen LogP contribution in [-0.4, -0.2) is 70.2 Å². The topological polar surface area (TPSA) is 142 Å². The van der Waals surface area contributed by atoms with E-state index in [1.54, 1.807) is 0 Å². The summed E-state index contributed by atoms with van der Waals surface area (Å²) in [5, 5.41) is 10.8. The highest BCUT2D eigenvalue weighted by molar-refractivity contribution is 7.92. The zero-order valence-electron chi connectivity index (χ0n) is 18.5. The van der Waals surface area contributed by atoms with E-state index < -0.39 is 47.6 Å². The second-order valence-corrected chi connectivity index (χ2v) is 11.8. The van der Waals surface area contributed by atoms with Crippen molar-refractivity contribution in [2.45, 2.75) is 28.5 Å². The molecule has 0 saturated carbocycles. The number of aliphatic hydroxyl groups is 1. The fourth-order valence-electron chi connectivity index (χ4n) is 2.98. The summed E-state index contributed by atoms with van der Waals surface area (Å²) in [5.74, 6) is -1.81. The van der Waals surface area contributed by atoms with Gasteiger partial charge in [0.05, 0.1) is 33.7 Å². The van der Waals surface area contributed by atoms with Crippen LogP contribution in [-0.2, 0) is 29.6 Å². The Morgan fingerprint density at radius 3 is 2.11 bits per heavy atom. The van der Waals surface area contributed by atoms with E-state index in [0.717, 1.165) is 18.2 Å². The van der Waals surface area contributed by atoms with Gasteiger partial charge in [0.25, 0.3) is 15.9 Å². The summed E-state index contributed by atoms with van der Waals surface area (Å²) >= 11 is 5.94. The van der Waals surface area contributed by atoms with Gasteiger partial charge in [-0.3, -0.25) is 9.52 Å². The Bertz CT molecular complexity index is 1340. The zero-order valence-corrected chi connectivity index (χ0v) is 20.9. The molecule has 3 rings (SSSR count). The Labute approximate surface area is 210 Å². The number of nitrogens with one attached hydrogen (secondary N) is 2. The largest absolute Gasteiger partial charge is 0.426 e. The SMILES string of the molecule is C[C@@](O)(C(=O)Nc1ccc(S(=O)(=O)Nc2ccc(S(=O)(=O)N3CCOCC3)cc2)cc1Cl)C(F)(F)F. The highest BCUT2D eigenvalue weighted by Gasteiger charge is 2.55. The number of amides is 1. The second-order valence-electron chi connectivity index (χ2n) is 7.81. The number of halogens is 4. The molecule has 36 heavy (non-hydrogen) atoms. The van der Waals surface area contributed by atoms with Crippen molar-refractivity contribution in [3.63, 3.8) is 0 Å². The fraction of sp³-hybridized carbons (Fsp3) is 0.350. The molecule has 3 N–H and O–H groups in total. The number of hydrogen-bond acceptors (Lipinski definition) is 7. The third kappa shape index (κ3) is 5.92. The van der Waals surface area contributed by atoms with Gasteiger partial charge in [0, 0.05) is 18.8 Å². The first kappa shape index (κ1) is 28.1. The molecule has 1 saturated heterocycles. The summed E-state index contributed by atoms with van der Waals surface area (Å²) in [6.07, 6.45) is -5.26. The predicted octanol–water partition coefficient (Wildman–Crippen LogP) is 2.41. The van der Waals surface area contributed by atoms with Crippen LogP contribution in [0.5, 0.6) is 0 Å². The van der Waals surface area contributed by atoms with Crippen molar-refractivity contribution >= 4 is 48.9 Å². The van der Waals surface area contributed by atoms with Crippen molar-refractivity contribution in [1.82, 2.24) is 4.31 Å². The summed E-state index contributed by atoms with van der Waals surface area (Å²) in [5.41, 5.74) is -4.03. The van der Waals surface area contributed by atoms with Gasteiger partial charge >= 0.3 is 6.18 Å². The quantitative estimate of drug-likeness (QED) is 0.463. The molecular weight excluding hydrogens is 551 g/mol. The molecule has 2 aromatic rings. The highest BCUT2D eigenvalue weighted by Crippen LogP contribution is 2.33. The molecule has 16 heteroatoms. The van der Waals surface area contributed by atoms with E-state index in [-0.39, 0.29) is 49.5 Å². The molecule has 1 aliphatic heterocycles. The standard InChI is InChI=1S/C20H21ClF3N3O7S2/c1-19(29,20(22,23)24)18(28)25-17-7-6-15(12-16(17)21)35(30,31)26-13-2-4-14(5-3-13)36(32,33)27-8-10-34-11-9-27/h2-7,12,26,29H,8-11H2,1H3,(H,25,28)/t19-/m1/s1. The van der Waals surface area contributed by atoms with Crippen molar-refractivity contribution < 1.29 is 44.6 Å². The number of sulfonamides is 2. The maximum Gasteiger partial charge on any atom is 0.426 e. The number of nitrogens with zero attached hydrogens (tertiary/aromatic N) is 1. The Hall–Kier alpha value is -2.43. The van der Waals surface area contributed by atoms with Crippen molar-refractivity contribution in [2.24, 2.45) is 0 Å². The van der Waals surface area contributed by atoms with Crippen LogP contribution in [0.4, 0.5) is 24.5 Å². The number of anilines is 2. The number of carbonyl (C=O) groups is 1. The van der Waals surface area contributed by atoms with E-state index in [1.807, 2.05) is 5.32 Å². The Morgan fingerprint density at radius 1 is 1.03 bits per heavy atom. The number of carbonyl (C=O) groups excluding carboxylic acids is 1. The van der Waals surface area contributed by atoms with Gasteiger partial charge in [0.2, 0.25) is 15.6 Å². The number of benzene rings is 2. The first-order chi connectivity index (χ1) is 16.6. The number of hydrogen-bond donors (Lipinski definition) is 3. The maximum absolute atomic E-state index is 12.8. The normalized spacial score (nSPS) is 17.3. The van der Waals surface area contributed by atoms with Gasteiger partial charge in [-0.1, -0.05) is 11.6 Å². The Morgan fingerprint density at radius 2 is 1.58 bits per heavy atom. The average Bonchev–Trinajstić information content (AvgIpc) is 2.80. The van der Waals surface area contributed by atoms with E-state index in [1.165, 1.54) is 28.6 Å². The van der Waals surface area contributed by atoms with Gasteiger partial charge in [0.1, 0.15) is 0 Å². The van der Waals surface area contributed by atoms with Crippen molar-refractivity contribution in [2.75, 3.05) is 36.3 Å². The number of alkyl halides is 3. The lowest BCUT2D eigenvalue weighted by atomic mass is 10.1. The number of rotatable bonds is 7. The van der Waals surface area contributed by atoms with Crippen LogP contribution in [0, 0.1) is 0 Å². The van der Waals surface area contributed by atoms with Crippen molar-refractivity contribution in [1.29, 1.82) is 0 Å². The van der Waals surface area contributed by atoms with Gasteiger partial charge in [-0.2, -0.15) is 17.5 Å². The molecule has 1 amide bonds. The van der Waals surface area contributed by atoms with Gasteiger partial charge in [-0.05, 0) is 49.4 Å². The fourth-order valence-corrected chi connectivity index (χ4v) is 5.77. The molecular formula is C20H21ClF3N3O7S2. The summed E-state index contributed by atoms with van der Waals surface area (Å²) in [6, 6.07) is 7.80. The molecule has 2 aromatic carbocycles. The molecule has 10 nitrogen and oxygen atoms in total. The third-order valence-corrected chi connectivity index (χ3v) is 8.81. The van der Waals surface area contributed by atoms with Crippen LogP contribution in [0.1, 0.15) is 6.92 Å². The Kier molecular flexibility index (Phi) is 7.93. The van der Waals surface area contributed by atoms with E-state index in [0.29, 0.717) is 0 Å². The highest BCUT2D eigenvalue weighted by atomic mass is 35.5. The monoisotopic (exact) mass is 571 g/mol. The van der Waals surface area contributed by atoms with Crippen LogP contribution in [0.3, 0.4) is 0 Å². The second kappa shape index (κ2) is 10.1. The zero-order chi connectivity index (χ0) is 26.9. The summed E-state index contributed by atoms with van der Waals surface area (Å²) in [7, 11) is -8.03. The predicted molar refractivity (Wildman–Crippen MR) is 124 cm³/mol. The minimum atomic E-state index is -5.26. The van der Waals surface area contributed by atoms with E-state index in [4.69, 9.17) is 16.3 Å². The van der Waals surface area contributed by atoms with E-state index >= 15 is 0 Å². The maximum atomic E-state index is 12.8. The third-order valence-electron chi connectivity index (χ3n) is 5.21. The lowest BCUT2D eigenvalue weighted by Crippen LogP contribution is -2.52.